The highest BCUT2D eigenvalue weighted by atomic mass is 35.5. The van der Waals surface area contributed by atoms with Crippen LogP contribution in [0.1, 0.15) is 11.4 Å². The number of anilines is 1. The smallest absolute Gasteiger partial charge is 0.184 e. The number of nitrogens with one attached hydrogen (secondary N) is 1. The van der Waals surface area contributed by atoms with E-state index in [0.717, 1.165) is 31.8 Å². The van der Waals surface area contributed by atoms with Gasteiger partial charge in [0.15, 0.2) is 5.13 Å². The molecule has 96 valence electrons. The number of hydrogen-bond donors (Lipinski definition) is 1. The van der Waals surface area contributed by atoms with Crippen LogP contribution in [0.3, 0.4) is 0 Å². The summed E-state index contributed by atoms with van der Waals surface area (Å²) < 4.78 is 1.09. The summed E-state index contributed by atoms with van der Waals surface area (Å²) in [5, 5.41) is 4.93. The van der Waals surface area contributed by atoms with E-state index in [1.165, 1.54) is 0 Å². The Balaban J connectivity index is 1.78. The average Bonchev–Trinajstić information content (AvgIpc) is 2.78. The molecule has 0 aliphatic carbocycles. The molecule has 3 rings (SSSR count). The summed E-state index contributed by atoms with van der Waals surface area (Å²) >= 11 is 7.57. The lowest BCUT2D eigenvalue weighted by molar-refractivity contribution is 1.01. The fourth-order valence-electron chi connectivity index (χ4n) is 1.84. The Labute approximate surface area is 120 Å². The molecule has 0 atom stereocenters. The lowest BCUT2D eigenvalue weighted by Crippen LogP contribution is -2.01. The molecule has 0 aliphatic rings. The molecule has 0 bridgehead atoms. The van der Waals surface area contributed by atoms with Gasteiger partial charge in [0.2, 0.25) is 0 Å². The highest BCUT2D eigenvalue weighted by molar-refractivity contribution is 7.22. The first-order chi connectivity index (χ1) is 9.20. The first-order valence-corrected chi connectivity index (χ1v) is 7.13. The van der Waals surface area contributed by atoms with Crippen molar-refractivity contribution in [2.45, 2.75) is 13.5 Å². The number of nitrogens with zero attached hydrogens (tertiary/aromatic N) is 2. The van der Waals surface area contributed by atoms with Crippen LogP contribution in [0.25, 0.3) is 10.2 Å². The third-order valence-electron chi connectivity index (χ3n) is 2.72. The topological polar surface area (TPSA) is 37.8 Å². The Hall–Kier alpha value is -1.65. The summed E-state index contributed by atoms with van der Waals surface area (Å²) in [5.74, 6) is 0. The molecular weight excluding hydrogens is 278 g/mol. The van der Waals surface area contributed by atoms with Crippen LogP contribution in [0, 0.1) is 6.92 Å². The number of aryl methyl sites for hydroxylation is 1. The number of benzene rings is 1. The van der Waals surface area contributed by atoms with Gasteiger partial charge in [0.05, 0.1) is 22.5 Å². The molecule has 2 heterocycles. The molecule has 0 fully saturated rings. The maximum Gasteiger partial charge on any atom is 0.184 e. The molecule has 3 aromatic rings. The monoisotopic (exact) mass is 289 g/mol. The lowest BCUT2D eigenvalue weighted by Gasteiger charge is -2.02. The minimum absolute atomic E-state index is 0.676. The molecule has 0 spiro atoms. The first-order valence-electron chi connectivity index (χ1n) is 5.93. The Morgan fingerprint density at radius 3 is 2.95 bits per heavy atom. The fourth-order valence-corrected chi connectivity index (χ4v) is 2.98. The Bertz CT molecular complexity index is 724. The van der Waals surface area contributed by atoms with E-state index in [0.29, 0.717) is 6.54 Å². The van der Waals surface area contributed by atoms with Crippen LogP contribution in [-0.4, -0.2) is 9.97 Å². The zero-order chi connectivity index (χ0) is 13.2. The molecule has 0 saturated carbocycles. The number of thiazole rings is 1. The molecule has 1 N–H and O–H groups in total. The van der Waals surface area contributed by atoms with E-state index < -0.39 is 0 Å². The highest BCUT2D eigenvalue weighted by Gasteiger charge is 2.04. The minimum atomic E-state index is 0.676. The number of pyridine rings is 1. The van der Waals surface area contributed by atoms with E-state index >= 15 is 0 Å². The molecule has 19 heavy (non-hydrogen) atoms. The van der Waals surface area contributed by atoms with Crippen LogP contribution in [0.5, 0.6) is 0 Å². The molecule has 2 aromatic heterocycles. The van der Waals surface area contributed by atoms with Gasteiger partial charge >= 0.3 is 0 Å². The van der Waals surface area contributed by atoms with Gasteiger partial charge in [0, 0.05) is 10.7 Å². The number of rotatable bonds is 3. The van der Waals surface area contributed by atoms with Gasteiger partial charge in [-0.25, -0.2) is 4.98 Å². The van der Waals surface area contributed by atoms with Crippen molar-refractivity contribution in [1.29, 1.82) is 0 Å². The third-order valence-corrected chi connectivity index (χ3v) is 3.93. The van der Waals surface area contributed by atoms with Gasteiger partial charge in [0.1, 0.15) is 0 Å². The van der Waals surface area contributed by atoms with Crippen LogP contribution >= 0.6 is 22.9 Å². The van der Waals surface area contributed by atoms with Gasteiger partial charge in [-0.3, -0.25) is 4.98 Å². The van der Waals surface area contributed by atoms with Gasteiger partial charge in [0.25, 0.3) is 0 Å². The van der Waals surface area contributed by atoms with Crippen molar-refractivity contribution >= 4 is 38.3 Å². The van der Waals surface area contributed by atoms with E-state index in [9.17, 15) is 0 Å². The summed E-state index contributed by atoms with van der Waals surface area (Å²) in [7, 11) is 0. The summed E-state index contributed by atoms with van der Waals surface area (Å²) in [4.78, 5) is 8.96. The lowest BCUT2D eigenvalue weighted by atomic mass is 10.3. The van der Waals surface area contributed by atoms with Crippen molar-refractivity contribution in [3.63, 3.8) is 0 Å². The number of halogens is 1. The second kappa shape index (κ2) is 5.15. The predicted molar refractivity (Wildman–Crippen MR) is 80.9 cm³/mol. The maximum absolute atomic E-state index is 5.97. The Kier molecular flexibility index (Phi) is 3.36. The third kappa shape index (κ3) is 2.85. The number of aromatic nitrogens is 2. The first kappa shape index (κ1) is 12.4. The Morgan fingerprint density at radius 1 is 1.21 bits per heavy atom. The second-order valence-corrected chi connectivity index (χ2v) is 5.72. The quantitative estimate of drug-likeness (QED) is 0.782. The maximum atomic E-state index is 5.97. The highest BCUT2D eigenvalue weighted by Crippen LogP contribution is 2.28. The fraction of sp³-hybridized carbons (Fsp3) is 0.143. The van der Waals surface area contributed by atoms with Gasteiger partial charge in [-0.05, 0) is 37.3 Å². The van der Waals surface area contributed by atoms with Crippen molar-refractivity contribution < 1.29 is 0 Å². The zero-order valence-electron chi connectivity index (χ0n) is 10.4. The molecule has 0 radical (unpaired) electrons. The summed E-state index contributed by atoms with van der Waals surface area (Å²) in [6.45, 7) is 2.67. The van der Waals surface area contributed by atoms with Crippen molar-refractivity contribution in [3.05, 3.63) is 52.8 Å². The van der Waals surface area contributed by atoms with Crippen LogP contribution < -0.4 is 5.32 Å². The molecule has 5 heteroatoms. The van der Waals surface area contributed by atoms with Gasteiger partial charge in [-0.1, -0.05) is 29.0 Å². The van der Waals surface area contributed by atoms with E-state index in [1.54, 1.807) is 11.3 Å². The number of hydrogen-bond acceptors (Lipinski definition) is 4. The largest absolute Gasteiger partial charge is 0.356 e. The van der Waals surface area contributed by atoms with E-state index in [1.807, 2.05) is 43.3 Å². The molecular formula is C14H12ClN3S. The zero-order valence-corrected chi connectivity index (χ0v) is 11.9. The normalized spacial score (nSPS) is 10.8. The van der Waals surface area contributed by atoms with Crippen molar-refractivity contribution in [2.75, 3.05) is 5.32 Å². The van der Waals surface area contributed by atoms with E-state index in [4.69, 9.17) is 11.6 Å². The van der Waals surface area contributed by atoms with Gasteiger partial charge < -0.3 is 5.32 Å². The van der Waals surface area contributed by atoms with E-state index in [2.05, 4.69) is 15.3 Å². The van der Waals surface area contributed by atoms with Crippen LogP contribution in [0.15, 0.2) is 36.4 Å². The van der Waals surface area contributed by atoms with Crippen molar-refractivity contribution in [2.24, 2.45) is 0 Å². The predicted octanol–water partition coefficient (Wildman–Crippen LogP) is 4.27. The molecule has 0 unspecified atom stereocenters. The van der Waals surface area contributed by atoms with Crippen LogP contribution in [-0.2, 0) is 6.54 Å². The summed E-state index contributed by atoms with van der Waals surface area (Å²) in [5.41, 5.74) is 3.00. The minimum Gasteiger partial charge on any atom is -0.356 e. The molecule has 0 amide bonds. The second-order valence-electron chi connectivity index (χ2n) is 4.25. The van der Waals surface area contributed by atoms with Gasteiger partial charge in [-0.2, -0.15) is 0 Å². The molecule has 3 nitrogen and oxygen atoms in total. The van der Waals surface area contributed by atoms with Crippen LogP contribution in [0.2, 0.25) is 5.02 Å². The van der Waals surface area contributed by atoms with Crippen molar-refractivity contribution in [1.82, 2.24) is 9.97 Å². The van der Waals surface area contributed by atoms with Crippen molar-refractivity contribution in [3.8, 4) is 0 Å². The summed E-state index contributed by atoms with van der Waals surface area (Å²) in [6, 6.07) is 11.7. The average molecular weight is 290 g/mol. The SMILES string of the molecule is Cc1cccc(CNc2nc3ccc(Cl)cc3s2)n1. The standard InChI is InChI=1S/C14H12ClN3S/c1-9-3-2-4-11(17-9)8-16-14-18-12-6-5-10(15)7-13(12)19-14/h2-7H,8H2,1H3,(H,16,18). The molecule has 0 aliphatic heterocycles. The van der Waals surface area contributed by atoms with E-state index in [-0.39, 0.29) is 0 Å². The number of fused-ring (bicyclic) bond motifs is 1. The molecule has 0 saturated heterocycles. The Morgan fingerprint density at radius 2 is 2.11 bits per heavy atom. The van der Waals surface area contributed by atoms with Crippen LogP contribution in [0.4, 0.5) is 5.13 Å². The molecule has 1 aromatic carbocycles. The van der Waals surface area contributed by atoms with Gasteiger partial charge in [-0.15, -0.1) is 0 Å². The summed E-state index contributed by atoms with van der Waals surface area (Å²) in [6.07, 6.45) is 0.